The molecule has 10 heavy (non-hydrogen) atoms. The van der Waals surface area contributed by atoms with Crippen LogP contribution in [0.15, 0.2) is 0 Å². The Balaban J connectivity index is 2.84. The normalized spacial score (nSPS) is 25.2. The molecule has 0 aromatic heterocycles. The number of likely N-dealkylation sites (tertiary alicyclic amines) is 1. The second-order valence-corrected chi connectivity index (χ2v) is 2.23. The molecule has 1 amide bonds. The number of nitriles is 1. The van der Waals surface area contributed by atoms with Crippen LogP contribution in [0.5, 0.6) is 0 Å². The highest BCUT2D eigenvalue weighted by Crippen LogP contribution is 2.09. The molecule has 1 rings (SSSR count). The Morgan fingerprint density at radius 3 is 2.50 bits per heavy atom. The molecular weight excluding hydrogens is 132 g/mol. The average Bonchev–Trinajstić information content (AvgIpc) is 2.17. The molecule has 0 aliphatic carbocycles. The number of Topliss-reactive ketones (excluding diaryl/α,β-unsaturated/α-hetero) is 1. The van der Waals surface area contributed by atoms with Gasteiger partial charge in [-0.2, -0.15) is 5.26 Å². The van der Waals surface area contributed by atoms with E-state index in [1.54, 1.807) is 6.07 Å². The van der Waals surface area contributed by atoms with Crippen molar-refractivity contribution in [3.05, 3.63) is 0 Å². The molecule has 1 fully saturated rings. The summed E-state index contributed by atoms with van der Waals surface area (Å²) in [5, 5.41) is 8.32. The number of hydrogen-bond donors (Lipinski definition) is 0. The average molecular weight is 138 g/mol. The van der Waals surface area contributed by atoms with E-state index >= 15 is 0 Å². The molecule has 1 saturated heterocycles. The lowest BCUT2D eigenvalue weighted by atomic mass is 10.1. The van der Waals surface area contributed by atoms with Crippen molar-refractivity contribution in [3.8, 4) is 6.07 Å². The summed E-state index contributed by atoms with van der Waals surface area (Å²) in [4.78, 5) is 22.7. The van der Waals surface area contributed by atoms with Gasteiger partial charge in [-0.25, -0.2) is 0 Å². The Morgan fingerprint density at radius 2 is 2.30 bits per heavy atom. The summed E-state index contributed by atoms with van der Waals surface area (Å²) in [6.07, 6.45) is 0. The molecule has 0 spiro atoms. The van der Waals surface area contributed by atoms with Crippen molar-refractivity contribution in [2.24, 2.45) is 5.92 Å². The number of amides is 1. The molecule has 0 N–H and O–H groups in total. The highest BCUT2D eigenvalue weighted by Gasteiger charge is 2.36. The summed E-state index contributed by atoms with van der Waals surface area (Å²) < 4.78 is 0. The van der Waals surface area contributed by atoms with Gasteiger partial charge in [-0.1, -0.05) is 0 Å². The van der Waals surface area contributed by atoms with Crippen molar-refractivity contribution in [1.29, 1.82) is 5.26 Å². The molecule has 0 aromatic carbocycles. The standard InChI is InChI=1S/C6H6N2O2/c1-8-3-4(2-7)5(9)6(8)10/h4H,3H2,1H3. The fraction of sp³-hybridized carbons (Fsp3) is 0.500. The number of carbonyl (C=O) groups is 2. The van der Waals surface area contributed by atoms with Gasteiger partial charge in [0.15, 0.2) is 0 Å². The van der Waals surface area contributed by atoms with Crippen LogP contribution >= 0.6 is 0 Å². The van der Waals surface area contributed by atoms with Gasteiger partial charge in [-0.3, -0.25) is 9.59 Å². The van der Waals surface area contributed by atoms with Crippen LogP contribution in [0.3, 0.4) is 0 Å². The summed E-state index contributed by atoms with van der Waals surface area (Å²) in [5.41, 5.74) is 0. The van der Waals surface area contributed by atoms with E-state index in [1.165, 1.54) is 11.9 Å². The van der Waals surface area contributed by atoms with Crippen LogP contribution in [-0.2, 0) is 9.59 Å². The monoisotopic (exact) mass is 138 g/mol. The first-order chi connectivity index (χ1) is 4.66. The van der Waals surface area contributed by atoms with Gasteiger partial charge in [0.25, 0.3) is 5.91 Å². The molecule has 1 unspecified atom stereocenters. The number of likely N-dealkylation sites (N-methyl/N-ethyl adjacent to an activating group) is 1. The van der Waals surface area contributed by atoms with Crippen molar-refractivity contribution in [1.82, 2.24) is 4.90 Å². The third kappa shape index (κ3) is 0.760. The van der Waals surface area contributed by atoms with Crippen LogP contribution in [0.2, 0.25) is 0 Å². The smallest absolute Gasteiger partial charge is 0.291 e. The van der Waals surface area contributed by atoms with E-state index in [-0.39, 0.29) is 6.54 Å². The van der Waals surface area contributed by atoms with Crippen molar-refractivity contribution in [3.63, 3.8) is 0 Å². The molecular formula is C6H6N2O2. The minimum atomic E-state index is -0.738. The van der Waals surface area contributed by atoms with Crippen LogP contribution in [-0.4, -0.2) is 30.2 Å². The second kappa shape index (κ2) is 2.10. The molecule has 4 nitrogen and oxygen atoms in total. The zero-order valence-corrected chi connectivity index (χ0v) is 5.50. The Kier molecular flexibility index (Phi) is 1.42. The van der Waals surface area contributed by atoms with E-state index in [2.05, 4.69) is 0 Å². The van der Waals surface area contributed by atoms with Gasteiger partial charge in [0.1, 0.15) is 5.92 Å². The Bertz CT molecular complexity index is 228. The van der Waals surface area contributed by atoms with Gasteiger partial charge in [-0.15, -0.1) is 0 Å². The molecule has 4 heteroatoms. The van der Waals surface area contributed by atoms with Gasteiger partial charge in [0, 0.05) is 13.6 Å². The van der Waals surface area contributed by atoms with Crippen molar-refractivity contribution in [2.75, 3.05) is 13.6 Å². The summed E-state index contributed by atoms with van der Waals surface area (Å²) in [6.45, 7) is 0.244. The highest BCUT2D eigenvalue weighted by atomic mass is 16.2. The number of carbonyl (C=O) groups excluding carboxylic acids is 2. The maximum absolute atomic E-state index is 10.7. The van der Waals surface area contributed by atoms with E-state index in [4.69, 9.17) is 5.26 Å². The lowest BCUT2D eigenvalue weighted by Crippen LogP contribution is -2.22. The van der Waals surface area contributed by atoms with Crippen molar-refractivity contribution >= 4 is 11.7 Å². The maximum atomic E-state index is 10.7. The molecule has 52 valence electrons. The van der Waals surface area contributed by atoms with Crippen molar-refractivity contribution < 1.29 is 9.59 Å². The van der Waals surface area contributed by atoms with Gasteiger partial charge in [0.05, 0.1) is 6.07 Å². The van der Waals surface area contributed by atoms with E-state index < -0.39 is 17.6 Å². The lowest BCUT2D eigenvalue weighted by Gasteiger charge is -2.02. The quantitative estimate of drug-likeness (QED) is 0.410. The fourth-order valence-electron chi connectivity index (χ4n) is 0.876. The van der Waals surface area contributed by atoms with Crippen LogP contribution in [0, 0.1) is 17.2 Å². The molecule has 0 bridgehead atoms. The molecule has 1 aliphatic rings. The fourth-order valence-corrected chi connectivity index (χ4v) is 0.876. The predicted octanol–water partition coefficient (Wildman–Crippen LogP) is -0.833. The maximum Gasteiger partial charge on any atom is 0.291 e. The zero-order valence-electron chi connectivity index (χ0n) is 5.50. The van der Waals surface area contributed by atoms with Gasteiger partial charge < -0.3 is 4.90 Å². The lowest BCUT2D eigenvalue weighted by molar-refractivity contribution is -0.139. The predicted molar refractivity (Wildman–Crippen MR) is 31.7 cm³/mol. The summed E-state index contributed by atoms with van der Waals surface area (Å²) in [6, 6.07) is 1.76. The largest absolute Gasteiger partial charge is 0.337 e. The van der Waals surface area contributed by atoms with E-state index in [0.29, 0.717) is 0 Å². The Hall–Kier alpha value is -1.37. The van der Waals surface area contributed by atoms with Crippen LogP contribution < -0.4 is 0 Å². The minimum absolute atomic E-state index is 0.244. The van der Waals surface area contributed by atoms with Crippen LogP contribution in [0.25, 0.3) is 0 Å². The number of rotatable bonds is 0. The molecule has 0 saturated carbocycles. The van der Waals surface area contributed by atoms with E-state index in [1.807, 2.05) is 0 Å². The van der Waals surface area contributed by atoms with Crippen LogP contribution in [0.4, 0.5) is 0 Å². The summed E-state index contributed by atoms with van der Waals surface area (Å²) in [5.74, 6) is -1.87. The molecule has 0 radical (unpaired) electrons. The molecule has 1 atom stereocenters. The van der Waals surface area contributed by atoms with Gasteiger partial charge in [0.2, 0.25) is 5.78 Å². The zero-order chi connectivity index (χ0) is 7.72. The van der Waals surface area contributed by atoms with Crippen LogP contribution in [0.1, 0.15) is 0 Å². The molecule has 1 heterocycles. The van der Waals surface area contributed by atoms with E-state index in [0.717, 1.165) is 0 Å². The van der Waals surface area contributed by atoms with Gasteiger partial charge in [-0.05, 0) is 0 Å². The Labute approximate surface area is 58.0 Å². The third-order valence-corrected chi connectivity index (χ3v) is 1.49. The number of hydrogen-bond acceptors (Lipinski definition) is 3. The SMILES string of the molecule is CN1CC(C#N)C(=O)C1=O. The summed E-state index contributed by atoms with van der Waals surface area (Å²) >= 11 is 0. The van der Waals surface area contributed by atoms with E-state index in [9.17, 15) is 9.59 Å². The topological polar surface area (TPSA) is 61.2 Å². The van der Waals surface area contributed by atoms with Gasteiger partial charge >= 0.3 is 0 Å². The number of ketones is 1. The first-order valence-corrected chi connectivity index (χ1v) is 2.85. The Morgan fingerprint density at radius 1 is 1.70 bits per heavy atom. The molecule has 1 aliphatic heterocycles. The third-order valence-electron chi connectivity index (χ3n) is 1.49. The first kappa shape index (κ1) is 6.75. The second-order valence-electron chi connectivity index (χ2n) is 2.23. The minimum Gasteiger partial charge on any atom is -0.337 e. The molecule has 0 aromatic rings. The highest BCUT2D eigenvalue weighted by molar-refractivity contribution is 6.39. The van der Waals surface area contributed by atoms with Crippen molar-refractivity contribution in [2.45, 2.75) is 0 Å². The first-order valence-electron chi connectivity index (χ1n) is 2.85. The summed E-state index contributed by atoms with van der Waals surface area (Å²) in [7, 11) is 1.51. The number of nitrogens with zero attached hydrogens (tertiary/aromatic N) is 2.